The standard InChI is InChI=1S/C8H15NO4S/c1-8(2,3)14-13-6(10)4-5(9)7(11)12/h5H,4,9H2,1-3H3,(H,11,12)/t5-/m0/s1. The fourth-order valence-corrected chi connectivity index (χ4v) is 0.883. The lowest BCUT2D eigenvalue weighted by molar-refractivity contribution is -0.143. The normalized spacial score (nSPS) is 13.4. The van der Waals surface area contributed by atoms with E-state index in [2.05, 4.69) is 0 Å². The van der Waals surface area contributed by atoms with Crippen LogP contribution >= 0.6 is 12.0 Å². The molecule has 0 aliphatic heterocycles. The summed E-state index contributed by atoms with van der Waals surface area (Å²) in [6, 6.07) is -1.19. The molecule has 0 fully saturated rings. The first-order valence-corrected chi connectivity index (χ1v) is 4.83. The second-order valence-corrected chi connectivity index (χ2v) is 5.36. The Kier molecular flexibility index (Phi) is 4.93. The largest absolute Gasteiger partial charge is 0.480 e. The molecule has 0 amide bonds. The second-order valence-electron chi connectivity index (χ2n) is 3.80. The van der Waals surface area contributed by atoms with Crippen LogP contribution in [0.25, 0.3) is 0 Å². The maximum absolute atomic E-state index is 11.0. The fourth-order valence-electron chi connectivity index (χ4n) is 0.472. The molecular formula is C8H15NO4S. The highest BCUT2D eigenvalue weighted by Crippen LogP contribution is 2.24. The van der Waals surface area contributed by atoms with Gasteiger partial charge in [-0.25, -0.2) is 0 Å². The predicted molar refractivity (Wildman–Crippen MR) is 53.7 cm³/mol. The molecule has 0 saturated heterocycles. The van der Waals surface area contributed by atoms with Crippen molar-refractivity contribution in [2.75, 3.05) is 0 Å². The van der Waals surface area contributed by atoms with Crippen LogP contribution in [0.5, 0.6) is 0 Å². The van der Waals surface area contributed by atoms with Crippen LogP contribution in [0.1, 0.15) is 27.2 Å². The zero-order valence-electron chi connectivity index (χ0n) is 8.44. The van der Waals surface area contributed by atoms with Gasteiger partial charge in [-0.1, -0.05) is 0 Å². The summed E-state index contributed by atoms with van der Waals surface area (Å²) in [7, 11) is 0. The van der Waals surface area contributed by atoms with E-state index in [0.717, 1.165) is 12.0 Å². The number of rotatable bonds is 4. The Labute approximate surface area is 87.2 Å². The molecule has 82 valence electrons. The molecule has 0 aliphatic rings. The SMILES string of the molecule is CC(C)(C)SOC(=O)C[C@H](N)C(=O)O. The molecule has 6 heteroatoms. The number of carbonyl (C=O) groups excluding carboxylic acids is 1. The molecule has 0 spiro atoms. The monoisotopic (exact) mass is 221 g/mol. The molecule has 14 heavy (non-hydrogen) atoms. The van der Waals surface area contributed by atoms with Crippen LogP contribution in [0.15, 0.2) is 0 Å². The Morgan fingerprint density at radius 2 is 2.00 bits per heavy atom. The first-order valence-electron chi connectivity index (χ1n) is 4.09. The van der Waals surface area contributed by atoms with Crippen molar-refractivity contribution in [1.82, 2.24) is 0 Å². The molecule has 0 bridgehead atoms. The zero-order chi connectivity index (χ0) is 11.4. The van der Waals surface area contributed by atoms with E-state index in [0.29, 0.717) is 0 Å². The van der Waals surface area contributed by atoms with Crippen molar-refractivity contribution in [3.05, 3.63) is 0 Å². The summed E-state index contributed by atoms with van der Waals surface area (Å²) >= 11 is 0.997. The molecule has 0 saturated carbocycles. The van der Waals surface area contributed by atoms with Crippen molar-refractivity contribution < 1.29 is 18.9 Å². The number of carboxylic acids is 1. The molecule has 0 aromatic rings. The van der Waals surface area contributed by atoms with Gasteiger partial charge in [0.25, 0.3) is 0 Å². The van der Waals surface area contributed by atoms with E-state index < -0.39 is 18.0 Å². The lowest BCUT2D eigenvalue weighted by Gasteiger charge is -2.15. The van der Waals surface area contributed by atoms with Gasteiger partial charge in [-0.15, -0.1) is 0 Å². The third-order valence-electron chi connectivity index (χ3n) is 1.09. The highest BCUT2D eigenvalue weighted by atomic mass is 32.2. The molecule has 0 unspecified atom stereocenters. The number of nitrogens with two attached hydrogens (primary N) is 1. The predicted octanol–water partition coefficient (Wildman–Crippen LogP) is 0.778. The summed E-state index contributed by atoms with van der Waals surface area (Å²) in [6.45, 7) is 5.63. The van der Waals surface area contributed by atoms with Crippen molar-refractivity contribution in [2.45, 2.75) is 38.0 Å². The summed E-state index contributed by atoms with van der Waals surface area (Å²) in [6.07, 6.45) is -0.307. The minimum atomic E-state index is -1.21. The van der Waals surface area contributed by atoms with Crippen LogP contribution in [0, 0.1) is 0 Å². The molecule has 5 nitrogen and oxygen atoms in total. The van der Waals surface area contributed by atoms with E-state index in [1.165, 1.54) is 0 Å². The van der Waals surface area contributed by atoms with Gasteiger partial charge in [-0.2, -0.15) is 0 Å². The number of carbonyl (C=O) groups is 2. The first-order chi connectivity index (χ1) is 6.22. The van der Waals surface area contributed by atoms with Gasteiger partial charge in [-0.05, 0) is 20.8 Å². The summed E-state index contributed by atoms with van der Waals surface area (Å²) < 4.78 is 4.56. The number of hydrogen-bond acceptors (Lipinski definition) is 5. The second kappa shape index (κ2) is 5.21. The Balaban J connectivity index is 3.83. The molecule has 1 atom stereocenters. The maximum Gasteiger partial charge on any atom is 0.321 e. The maximum atomic E-state index is 11.0. The molecular weight excluding hydrogens is 206 g/mol. The smallest absolute Gasteiger partial charge is 0.321 e. The average molecular weight is 221 g/mol. The Morgan fingerprint density at radius 1 is 1.50 bits per heavy atom. The molecule has 3 N–H and O–H groups in total. The Hall–Kier alpha value is -0.750. The zero-order valence-corrected chi connectivity index (χ0v) is 9.26. The van der Waals surface area contributed by atoms with E-state index in [1.54, 1.807) is 0 Å². The number of aliphatic carboxylic acids is 1. The van der Waals surface area contributed by atoms with E-state index in [9.17, 15) is 9.59 Å². The average Bonchev–Trinajstić information content (AvgIpc) is 1.99. The van der Waals surface area contributed by atoms with Gasteiger partial charge in [-0.3, -0.25) is 9.59 Å². The number of carboxylic acid groups (broad SMARTS) is 1. The van der Waals surface area contributed by atoms with Gasteiger partial charge in [0.15, 0.2) is 0 Å². The van der Waals surface area contributed by atoms with Crippen LogP contribution < -0.4 is 5.73 Å². The van der Waals surface area contributed by atoms with Gasteiger partial charge in [0.05, 0.1) is 18.5 Å². The van der Waals surface area contributed by atoms with Crippen LogP contribution in [0.2, 0.25) is 0 Å². The van der Waals surface area contributed by atoms with E-state index in [4.69, 9.17) is 15.0 Å². The van der Waals surface area contributed by atoms with E-state index in [-0.39, 0.29) is 11.2 Å². The van der Waals surface area contributed by atoms with Gasteiger partial charge < -0.3 is 15.0 Å². The topological polar surface area (TPSA) is 89.6 Å². The van der Waals surface area contributed by atoms with Gasteiger partial charge >= 0.3 is 11.9 Å². The van der Waals surface area contributed by atoms with Crippen LogP contribution in [0.4, 0.5) is 0 Å². The van der Waals surface area contributed by atoms with E-state index in [1.807, 2.05) is 20.8 Å². The van der Waals surface area contributed by atoms with Crippen LogP contribution in [0.3, 0.4) is 0 Å². The highest BCUT2D eigenvalue weighted by Gasteiger charge is 2.20. The van der Waals surface area contributed by atoms with Crippen molar-refractivity contribution in [2.24, 2.45) is 5.73 Å². The van der Waals surface area contributed by atoms with Crippen LogP contribution in [-0.4, -0.2) is 27.8 Å². The highest BCUT2D eigenvalue weighted by molar-refractivity contribution is 7.96. The summed E-state index contributed by atoms with van der Waals surface area (Å²) in [5.41, 5.74) is 5.15. The summed E-state index contributed by atoms with van der Waals surface area (Å²) in [4.78, 5) is 21.3. The Morgan fingerprint density at radius 3 is 2.36 bits per heavy atom. The van der Waals surface area contributed by atoms with Crippen molar-refractivity contribution in [3.8, 4) is 0 Å². The van der Waals surface area contributed by atoms with Crippen LogP contribution in [-0.2, 0) is 13.8 Å². The quantitative estimate of drug-likeness (QED) is 0.682. The number of hydrogen-bond donors (Lipinski definition) is 2. The lowest BCUT2D eigenvalue weighted by Crippen LogP contribution is -2.32. The first kappa shape index (κ1) is 13.2. The minimum Gasteiger partial charge on any atom is -0.480 e. The van der Waals surface area contributed by atoms with E-state index >= 15 is 0 Å². The molecule has 0 aromatic carbocycles. The van der Waals surface area contributed by atoms with Gasteiger partial charge in [0.1, 0.15) is 6.04 Å². The molecule has 0 heterocycles. The minimum absolute atomic E-state index is 0.205. The van der Waals surface area contributed by atoms with Crippen molar-refractivity contribution in [1.29, 1.82) is 0 Å². The fraction of sp³-hybridized carbons (Fsp3) is 0.750. The molecule has 0 radical (unpaired) electrons. The van der Waals surface area contributed by atoms with Crippen molar-refractivity contribution in [3.63, 3.8) is 0 Å². The summed E-state index contributed by atoms with van der Waals surface area (Å²) in [5, 5.41) is 8.42. The molecule has 0 aromatic heterocycles. The summed E-state index contributed by atoms with van der Waals surface area (Å²) in [5.74, 6) is -1.82. The molecule has 0 rings (SSSR count). The lowest BCUT2D eigenvalue weighted by atomic mass is 10.2. The Bertz CT molecular complexity index is 224. The van der Waals surface area contributed by atoms with Crippen molar-refractivity contribution >= 4 is 24.0 Å². The third kappa shape index (κ3) is 6.73. The van der Waals surface area contributed by atoms with Gasteiger partial charge in [0.2, 0.25) is 0 Å². The molecule has 0 aliphatic carbocycles. The van der Waals surface area contributed by atoms with Gasteiger partial charge in [0, 0.05) is 4.75 Å². The third-order valence-corrected chi connectivity index (χ3v) is 1.86.